The quantitative estimate of drug-likeness (QED) is 0.428. The zero-order valence-corrected chi connectivity index (χ0v) is 7.65. The number of hydrogen-bond acceptors (Lipinski definition) is 3. The zero-order valence-electron chi connectivity index (χ0n) is 6.75. The maximum absolute atomic E-state index is 10.7. The van der Waals surface area contributed by atoms with E-state index in [1.165, 1.54) is 13.0 Å². The molecule has 0 aliphatic heterocycles. The van der Waals surface area contributed by atoms with Crippen molar-refractivity contribution in [3.63, 3.8) is 0 Å². The lowest BCUT2D eigenvalue weighted by molar-refractivity contribution is 0.0163. The third-order valence-corrected chi connectivity index (χ3v) is 2.37. The molecular formula is C6H13O5P. The standard InChI is InChI=1S/C6H13O5P/c1-3-4-11-6(5(2)7)12(8,9)10/h3,5-7H,1,4H2,2H3,(H2,8,9,10). The topological polar surface area (TPSA) is 87.0 Å². The van der Waals surface area contributed by atoms with Gasteiger partial charge in [0.2, 0.25) is 0 Å². The van der Waals surface area contributed by atoms with Crippen LogP contribution >= 0.6 is 7.60 Å². The lowest BCUT2D eigenvalue weighted by Crippen LogP contribution is -2.26. The average Bonchev–Trinajstić information content (AvgIpc) is 1.84. The number of hydrogen-bond donors (Lipinski definition) is 3. The molecule has 2 atom stereocenters. The van der Waals surface area contributed by atoms with E-state index in [0.29, 0.717) is 0 Å². The van der Waals surface area contributed by atoms with Crippen molar-refractivity contribution in [1.29, 1.82) is 0 Å². The Labute approximate surface area is 70.8 Å². The minimum atomic E-state index is -4.38. The molecule has 0 radical (unpaired) electrons. The third-order valence-electron chi connectivity index (χ3n) is 1.13. The van der Waals surface area contributed by atoms with Crippen LogP contribution in [0.15, 0.2) is 12.7 Å². The molecule has 0 aliphatic carbocycles. The van der Waals surface area contributed by atoms with Gasteiger partial charge in [0.25, 0.3) is 0 Å². The molecule has 5 nitrogen and oxygen atoms in total. The minimum Gasteiger partial charge on any atom is -0.390 e. The predicted octanol–water partition coefficient (Wildman–Crippen LogP) is 0.0736. The van der Waals surface area contributed by atoms with Crippen molar-refractivity contribution in [1.82, 2.24) is 0 Å². The summed E-state index contributed by atoms with van der Waals surface area (Å²) in [6, 6.07) is 0. The highest BCUT2D eigenvalue weighted by molar-refractivity contribution is 7.52. The Balaban J connectivity index is 4.24. The van der Waals surface area contributed by atoms with Gasteiger partial charge >= 0.3 is 7.60 Å². The van der Waals surface area contributed by atoms with E-state index < -0.39 is 19.5 Å². The Kier molecular flexibility index (Phi) is 4.67. The van der Waals surface area contributed by atoms with Crippen LogP contribution in [0.2, 0.25) is 0 Å². The first-order valence-corrected chi connectivity index (χ1v) is 5.03. The molecule has 6 heteroatoms. The number of aliphatic hydroxyl groups excluding tert-OH is 1. The highest BCUT2D eigenvalue weighted by Crippen LogP contribution is 2.43. The molecule has 0 amide bonds. The summed E-state index contributed by atoms with van der Waals surface area (Å²) < 4.78 is 15.3. The molecule has 2 unspecified atom stereocenters. The van der Waals surface area contributed by atoms with Crippen molar-refractivity contribution in [2.45, 2.75) is 18.9 Å². The monoisotopic (exact) mass is 196 g/mol. The van der Waals surface area contributed by atoms with Crippen molar-refractivity contribution in [2.75, 3.05) is 6.61 Å². The summed E-state index contributed by atoms with van der Waals surface area (Å²) in [4.78, 5) is 17.3. The Bertz CT molecular complexity index is 184. The lowest BCUT2D eigenvalue weighted by atomic mass is 10.4. The molecule has 0 saturated heterocycles. The van der Waals surface area contributed by atoms with Crippen molar-refractivity contribution >= 4 is 7.60 Å². The second kappa shape index (κ2) is 4.74. The summed E-state index contributed by atoms with van der Waals surface area (Å²) in [6.07, 6.45) is 0.149. The normalized spacial score (nSPS) is 17.0. The SMILES string of the molecule is C=CCOC(C(C)O)P(=O)(O)O. The van der Waals surface area contributed by atoms with E-state index in [0.717, 1.165) is 0 Å². The molecule has 0 aromatic heterocycles. The molecule has 0 rings (SSSR count). The van der Waals surface area contributed by atoms with E-state index in [4.69, 9.17) is 14.9 Å². The van der Waals surface area contributed by atoms with Gasteiger partial charge in [-0.25, -0.2) is 0 Å². The second-order valence-electron chi connectivity index (χ2n) is 2.34. The van der Waals surface area contributed by atoms with Crippen molar-refractivity contribution in [3.8, 4) is 0 Å². The fraction of sp³-hybridized carbons (Fsp3) is 0.667. The Morgan fingerprint density at radius 3 is 2.42 bits per heavy atom. The fourth-order valence-corrected chi connectivity index (χ4v) is 1.53. The number of aliphatic hydroxyl groups is 1. The van der Waals surface area contributed by atoms with Crippen LogP contribution in [-0.2, 0) is 9.30 Å². The van der Waals surface area contributed by atoms with Crippen molar-refractivity contribution in [2.24, 2.45) is 0 Å². The highest BCUT2D eigenvalue weighted by Gasteiger charge is 2.33. The van der Waals surface area contributed by atoms with Gasteiger partial charge < -0.3 is 19.6 Å². The smallest absolute Gasteiger partial charge is 0.356 e. The lowest BCUT2D eigenvalue weighted by Gasteiger charge is -2.20. The number of rotatable bonds is 5. The first kappa shape index (κ1) is 11.8. The molecule has 0 saturated carbocycles. The van der Waals surface area contributed by atoms with Gasteiger partial charge in [0, 0.05) is 0 Å². The summed E-state index contributed by atoms with van der Waals surface area (Å²) in [6.45, 7) is 4.57. The maximum atomic E-state index is 10.7. The molecule has 12 heavy (non-hydrogen) atoms. The highest BCUT2D eigenvalue weighted by atomic mass is 31.2. The molecule has 0 heterocycles. The van der Waals surface area contributed by atoms with Gasteiger partial charge in [0.1, 0.15) is 0 Å². The van der Waals surface area contributed by atoms with Gasteiger partial charge in [-0.3, -0.25) is 4.57 Å². The van der Waals surface area contributed by atoms with Crippen LogP contribution in [0.3, 0.4) is 0 Å². The molecule has 3 N–H and O–H groups in total. The van der Waals surface area contributed by atoms with Crippen LogP contribution in [0.5, 0.6) is 0 Å². The van der Waals surface area contributed by atoms with E-state index in [1.54, 1.807) is 0 Å². The van der Waals surface area contributed by atoms with Crippen LogP contribution in [-0.4, -0.2) is 33.4 Å². The van der Waals surface area contributed by atoms with Gasteiger partial charge in [-0.2, -0.15) is 0 Å². The third kappa shape index (κ3) is 3.99. The van der Waals surface area contributed by atoms with Crippen molar-refractivity contribution < 1.29 is 24.2 Å². The largest absolute Gasteiger partial charge is 0.390 e. The predicted molar refractivity (Wildman–Crippen MR) is 43.7 cm³/mol. The first-order chi connectivity index (χ1) is 5.39. The van der Waals surface area contributed by atoms with Gasteiger partial charge in [-0.1, -0.05) is 6.08 Å². The maximum Gasteiger partial charge on any atom is 0.356 e. The molecule has 0 spiro atoms. The summed E-state index contributed by atoms with van der Waals surface area (Å²) in [5.41, 5.74) is 0. The van der Waals surface area contributed by atoms with Crippen molar-refractivity contribution in [3.05, 3.63) is 12.7 Å². The summed E-state index contributed by atoms with van der Waals surface area (Å²) >= 11 is 0. The Morgan fingerprint density at radius 2 is 2.17 bits per heavy atom. The number of ether oxygens (including phenoxy) is 1. The van der Waals surface area contributed by atoms with Gasteiger partial charge in [-0.05, 0) is 6.92 Å². The van der Waals surface area contributed by atoms with Crippen LogP contribution in [0.4, 0.5) is 0 Å². The molecule has 0 fully saturated rings. The summed E-state index contributed by atoms with van der Waals surface area (Å²) in [5.74, 6) is -1.46. The van der Waals surface area contributed by atoms with E-state index in [1.807, 2.05) is 0 Å². The van der Waals surface area contributed by atoms with Gasteiger partial charge in [-0.15, -0.1) is 6.58 Å². The van der Waals surface area contributed by atoms with Crippen LogP contribution in [0, 0.1) is 0 Å². The van der Waals surface area contributed by atoms with E-state index in [2.05, 4.69) is 11.3 Å². The van der Waals surface area contributed by atoms with E-state index in [-0.39, 0.29) is 6.61 Å². The van der Waals surface area contributed by atoms with E-state index >= 15 is 0 Å². The fourth-order valence-electron chi connectivity index (χ4n) is 0.684. The minimum absolute atomic E-state index is 0.000671. The Morgan fingerprint density at radius 1 is 1.67 bits per heavy atom. The molecule has 0 bridgehead atoms. The summed E-state index contributed by atoms with van der Waals surface area (Å²) in [5, 5.41) is 8.92. The first-order valence-electron chi connectivity index (χ1n) is 3.35. The molecule has 0 aromatic carbocycles. The summed E-state index contributed by atoms with van der Waals surface area (Å²) in [7, 11) is -4.38. The van der Waals surface area contributed by atoms with Crippen LogP contribution < -0.4 is 0 Å². The molecular weight excluding hydrogens is 183 g/mol. The van der Waals surface area contributed by atoms with E-state index in [9.17, 15) is 4.57 Å². The van der Waals surface area contributed by atoms with Crippen LogP contribution in [0.25, 0.3) is 0 Å². The molecule has 0 aromatic rings. The molecule has 72 valence electrons. The van der Waals surface area contributed by atoms with Gasteiger partial charge in [0.15, 0.2) is 5.85 Å². The zero-order chi connectivity index (χ0) is 9.78. The second-order valence-corrected chi connectivity index (χ2v) is 4.03. The Hall–Kier alpha value is -0.190. The molecule has 0 aliphatic rings. The van der Waals surface area contributed by atoms with Crippen LogP contribution in [0.1, 0.15) is 6.92 Å². The van der Waals surface area contributed by atoms with Gasteiger partial charge in [0.05, 0.1) is 12.7 Å². The average molecular weight is 196 g/mol.